The van der Waals surface area contributed by atoms with E-state index in [9.17, 15) is 22.8 Å². The van der Waals surface area contributed by atoms with E-state index in [1.165, 1.54) is 60.9 Å². The van der Waals surface area contributed by atoms with Crippen LogP contribution in [0, 0.1) is 17.5 Å². The third-order valence-electron chi connectivity index (χ3n) is 5.96. The topological polar surface area (TPSA) is 86.1 Å². The molecule has 0 saturated heterocycles. The molecule has 0 aliphatic heterocycles. The van der Waals surface area contributed by atoms with Gasteiger partial charge in [-0.1, -0.05) is 12.1 Å². The first-order chi connectivity index (χ1) is 18.7. The number of hydrogen-bond donors (Lipinski definition) is 1. The van der Waals surface area contributed by atoms with Crippen molar-refractivity contribution >= 4 is 22.6 Å². The van der Waals surface area contributed by atoms with Crippen LogP contribution in [0.3, 0.4) is 0 Å². The summed E-state index contributed by atoms with van der Waals surface area (Å²) < 4.78 is 49.2. The Morgan fingerprint density at radius 1 is 0.923 bits per heavy atom. The van der Waals surface area contributed by atoms with Crippen LogP contribution in [0.15, 0.2) is 84.2 Å². The summed E-state index contributed by atoms with van der Waals surface area (Å²) in [6.07, 6.45) is 5.42. The van der Waals surface area contributed by atoms with Crippen molar-refractivity contribution in [3.05, 3.63) is 113 Å². The molecule has 0 aliphatic rings. The molecule has 1 amide bonds. The van der Waals surface area contributed by atoms with Gasteiger partial charge in [0.1, 0.15) is 22.7 Å². The Balaban J connectivity index is 1.42. The van der Waals surface area contributed by atoms with E-state index in [1.54, 1.807) is 10.8 Å². The monoisotopic (exact) mass is 530 g/mol. The SMILES string of the molecule is CC(C)n1cc(C(=O)Nc2ccc(Oc3ccnc4cc(F)cnc34)c(F)c2)c(=O)c(-c2ccc(F)cc2)c1. The molecule has 7 nitrogen and oxygen atoms in total. The van der Waals surface area contributed by atoms with Gasteiger partial charge in [-0.15, -0.1) is 0 Å². The summed E-state index contributed by atoms with van der Waals surface area (Å²) in [7, 11) is 0. The minimum Gasteiger partial charge on any atom is -0.452 e. The zero-order chi connectivity index (χ0) is 27.7. The molecule has 196 valence electrons. The lowest BCUT2D eigenvalue weighted by Crippen LogP contribution is -2.25. The molecule has 0 aliphatic carbocycles. The van der Waals surface area contributed by atoms with Crippen molar-refractivity contribution in [1.82, 2.24) is 14.5 Å². The number of anilines is 1. The number of nitrogens with one attached hydrogen (secondary N) is 1. The number of fused-ring (bicyclic) bond motifs is 1. The van der Waals surface area contributed by atoms with Gasteiger partial charge < -0.3 is 14.6 Å². The van der Waals surface area contributed by atoms with E-state index in [-0.39, 0.29) is 45.4 Å². The van der Waals surface area contributed by atoms with Gasteiger partial charge in [0.25, 0.3) is 5.91 Å². The molecule has 0 saturated carbocycles. The minimum atomic E-state index is -0.792. The molecule has 5 rings (SSSR count). The first-order valence-corrected chi connectivity index (χ1v) is 11.9. The van der Waals surface area contributed by atoms with Crippen LogP contribution >= 0.6 is 0 Å². The van der Waals surface area contributed by atoms with Gasteiger partial charge in [-0.2, -0.15) is 0 Å². The Hall–Kier alpha value is -4.99. The van der Waals surface area contributed by atoms with Crippen LogP contribution in [0.1, 0.15) is 30.2 Å². The molecule has 1 N–H and O–H groups in total. The molecule has 39 heavy (non-hydrogen) atoms. The van der Waals surface area contributed by atoms with Crippen molar-refractivity contribution in [1.29, 1.82) is 0 Å². The van der Waals surface area contributed by atoms with E-state index in [4.69, 9.17) is 4.74 Å². The molecule has 0 atom stereocenters. The first kappa shape index (κ1) is 25.7. The zero-order valence-electron chi connectivity index (χ0n) is 20.8. The number of benzene rings is 2. The molecular formula is C29H21F3N4O3. The molecule has 0 radical (unpaired) electrons. The largest absolute Gasteiger partial charge is 0.452 e. The Labute approximate surface area is 220 Å². The summed E-state index contributed by atoms with van der Waals surface area (Å²) in [5.41, 5.74) is 0.554. The van der Waals surface area contributed by atoms with Crippen molar-refractivity contribution in [2.45, 2.75) is 19.9 Å². The van der Waals surface area contributed by atoms with E-state index >= 15 is 0 Å². The van der Waals surface area contributed by atoms with Crippen LogP contribution in [0.25, 0.3) is 22.2 Å². The highest BCUT2D eigenvalue weighted by Crippen LogP contribution is 2.30. The molecule has 2 aromatic carbocycles. The Bertz CT molecular complexity index is 1770. The number of aromatic nitrogens is 3. The molecule has 0 unspecified atom stereocenters. The lowest BCUT2D eigenvalue weighted by atomic mass is 10.0. The van der Waals surface area contributed by atoms with Gasteiger partial charge in [0.2, 0.25) is 5.43 Å². The van der Waals surface area contributed by atoms with E-state index in [2.05, 4.69) is 15.3 Å². The quantitative estimate of drug-likeness (QED) is 0.271. The number of carbonyl (C=O) groups excluding carboxylic acids is 1. The third kappa shape index (κ3) is 5.35. The highest BCUT2D eigenvalue weighted by molar-refractivity contribution is 6.04. The lowest BCUT2D eigenvalue weighted by molar-refractivity contribution is 0.102. The molecule has 10 heteroatoms. The van der Waals surface area contributed by atoms with Gasteiger partial charge in [0.15, 0.2) is 17.3 Å². The number of pyridine rings is 3. The fraction of sp³-hybridized carbons (Fsp3) is 0.103. The number of nitrogens with zero attached hydrogens (tertiary/aromatic N) is 3. The van der Waals surface area contributed by atoms with Gasteiger partial charge >= 0.3 is 0 Å². The average molecular weight is 531 g/mol. The maximum Gasteiger partial charge on any atom is 0.261 e. The third-order valence-corrected chi connectivity index (χ3v) is 5.96. The van der Waals surface area contributed by atoms with E-state index in [0.717, 1.165) is 12.3 Å². The predicted molar refractivity (Wildman–Crippen MR) is 140 cm³/mol. The second-order valence-electron chi connectivity index (χ2n) is 8.99. The summed E-state index contributed by atoms with van der Waals surface area (Å²) in [6, 6.07) is 11.7. The molecule has 3 aromatic heterocycles. The van der Waals surface area contributed by atoms with Gasteiger partial charge in [-0.05, 0) is 43.7 Å². The van der Waals surface area contributed by atoms with Gasteiger partial charge in [-0.25, -0.2) is 18.2 Å². The Morgan fingerprint density at radius 3 is 2.41 bits per heavy atom. The maximum absolute atomic E-state index is 15.0. The molecule has 0 bridgehead atoms. The standard InChI is InChI=1S/C29H21F3N4O3/c1-16(2)36-14-21(17-3-5-18(30)6-4-17)28(37)22(15-36)29(38)35-20-7-8-25(23(32)12-20)39-26-9-10-33-24-11-19(31)13-34-27(24)26/h3-16H,1-2H3,(H,35,38). The first-order valence-electron chi connectivity index (χ1n) is 11.9. The molecule has 0 fully saturated rings. The van der Waals surface area contributed by atoms with Crippen LogP contribution in [-0.4, -0.2) is 20.4 Å². The predicted octanol–water partition coefficient (Wildman–Crippen LogP) is 6.50. The average Bonchev–Trinajstić information content (AvgIpc) is 2.90. The van der Waals surface area contributed by atoms with Crippen LogP contribution in [0.2, 0.25) is 0 Å². The molecule has 0 spiro atoms. The highest BCUT2D eigenvalue weighted by Gasteiger charge is 2.18. The summed E-state index contributed by atoms with van der Waals surface area (Å²) >= 11 is 0. The van der Waals surface area contributed by atoms with Crippen molar-refractivity contribution in [3.8, 4) is 22.6 Å². The maximum atomic E-state index is 15.0. The van der Waals surface area contributed by atoms with Gasteiger partial charge in [0.05, 0.1) is 11.7 Å². The summed E-state index contributed by atoms with van der Waals surface area (Å²) in [6.45, 7) is 3.76. The van der Waals surface area contributed by atoms with Gasteiger partial charge in [-0.3, -0.25) is 14.6 Å². The summed E-state index contributed by atoms with van der Waals surface area (Å²) in [5.74, 6) is -2.54. The normalized spacial score (nSPS) is 11.1. The lowest BCUT2D eigenvalue weighted by Gasteiger charge is -2.15. The Morgan fingerprint density at radius 2 is 1.69 bits per heavy atom. The van der Waals surface area contributed by atoms with Crippen LogP contribution in [0.4, 0.5) is 18.9 Å². The second kappa shape index (κ2) is 10.4. The van der Waals surface area contributed by atoms with Crippen molar-refractivity contribution < 1.29 is 22.7 Å². The fourth-order valence-corrected chi connectivity index (χ4v) is 3.93. The van der Waals surface area contributed by atoms with Gasteiger partial charge in [0, 0.05) is 54.1 Å². The van der Waals surface area contributed by atoms with Crippen LogP contribution in [-0.2, 0) is 0 Å². The number of rotatable bonds is 6. The summed E-state index contributed by atoms with van der Waals surface area (Å²) in [5, 5.41) is 2.55. The number of hydrogen-bond acceptors (Lipinski definition) is 5. The van der Waals surface area contributed by atoms with E-state index in [0.29, 0.717) is 5.56 Å². The number of ether oxygens (including phenoxy) is 1. The van der Waals surface area contributed by atoms with E-state index < -0.39 is 28.8 Å². The van der Waals surface area contributed by atoms with E-state index in [1.807, 2.05) is 13.8 Å². The van der Waals surface area contributed by atoms with Crippen LogP contribution in [0.5, 0.6) is 11.5 Å². The van der Waals surface area contributed by atoms with Crippen molar-refractivity contribution in [2.24, 2.45) is 0 Å². The molecular weight excluding hydrogens is 509 g/mol. The highest BCUT2D eigenvalue weighted by atomic mass is 19.1. The Kier molecular flexibility index (Phi) is 6.84. The van der Waals surface area contributed by atoms with Crippen LogP contribution < -0.4 is 15.5 Å². The van der Waals surface area contributed by atoms with Crippen molar-refractivity contribution in [3.63, 3.8) is 0 Å². The molecule has 5 aromatic rings. The molecule has 3 heterocycles. The fourth-order valence-electron chi connectivity index (χ4n) is 3.93. The number of amides is 1. The summed E-state index contributed by atoms with van der Waals surface area (Å²) in [4.78, 5) is 34.3. The minimum absolute atomic E-state index is 0.0829. The smallest absolute Gasteiger partial charge is 0.261 e. The zero-order valence-corrected chi connectivity index (χ0v) is 20.8. The van der Waals surface area contributed by atoms with Crippen molar-refractivity contribution in [2.75, 3.05) is 5.32 Å². The second-order valence-corrected chi connectivity index (χ2v) is 8.99. The number of halogens is 3. The number of carbonyl (C=O) groups is 1.